The Bertz CT molecular complexity index is 365. The summed E-state index contributed by atoms with van der Waals surface area (Å²) in [6.07, 6.45) is 4.09. The van der Waals surface area contributed by atoms with Gasteiger partial charge < -0.3 is 5.11 Å². The molecular weight excluding hydrogens is 234 g/mol. The molecular formula is C17H27NO. The molecule has 1 fully saturated rings. The first kappa shape index (κ1) is 14.5. The molecule has 0 saturated carbocycles. The molecule has 0 bridgehead atoms. The molecule has 1 aromatic carbocycles. The van der Waals surface area contributed by atoms with Gasteiger partial charge in [-0.1, -0.05) is 50.6 Å². The molecule has 2 heteroatoms. The predicted molar refractivity (Wildman–Crippen MR) is 80.4 cm³/mol. The average Bonchev–Trinajstić information content (AvgIpc) is 2.90. The number of aliphatic hydroxyl groups is 1. The van der Waals surface area contributed by atoms with Gasteiger partial charge in [-0.15, -0.1) is 0 Å². The Labute approximate surface area is 117 Å². The highest BCUT2D eigenvalue weighted by atomic mass is 16.3. The van der Waals surface area contributed by atoms with Crippen LogP contribution in [-0.2, 0) is 0 Å². The minimum Gasteiger partial charge on any atom is -0.391 e. The molecule has 0 aliphatic carbocycles. The smallest absolute Gasteiger partial charge is 0.0695 e. The Hall–Kier alpha value is -0.860. The highest BCUT2D eigenvalue weighted by molar-refractivity contribution is 5.21. The molecule has 0 radical (unpaired) electrons. The molecule has 1 aliphatic heterocycles. The van der Waals surface area contributed by atoms with Gasteiger partial charge in [0.1, 0.15) is 0 Å². The molecule has 3 atom stereocenters. The Morgan fingerprint density at radius 2 is 2.00 bits per heavy atom. The molecule has 0 spiro atoms. The molecule has 1 aliphatic rings. The van der Waals surface area contributed by atoms with Crippen LogP contribution >= 0.6 is 0 Å². The van der Waals surface area contributed by atoms with Crippen LogP contribution in [0.15, 0.2) is 30.3 Å². The number of aliphatic hydroxyl groups excluding tert-OH is 1. The quantitative estimate of drug-likeness (QED) is 0.848. The first-order chi connectivity index (χ1) is 9.26. The second-order valence-electron chi connectivity index (χ2n) is 5.72. The lowest BCUT2D eigenvalue weighted by Gasteiger charge is -2.31. The number of nitrogens with zero attached hydrogens (tertiary/aromatic N) is 1. The maximum atomic E-state index is 10.3. The van der Waals surface area contributed by atoms with E-state index in [1.807, 2.05) is 0 Å². The average molecular weight is 261 g/mol. The largest absolute Gasteiger partial charge is 0.391 e. The Morgan fingerprint density at radius 1 is 1.26 bits per heavy atom. The molecule has 106 valence electrons. The van der Waals surface area contributed by atoms with Crippen molar-refractivity contribution < 1.29 is 5.11 Å². The molecule has 0 aromatic heterocycles. The molecule has 2 rings (SSSR count). The minimum absolute atomic E-state index is 0.162. The summed E-state index contributed by atoms with van der Waals surface area (Å²) >= 11 is 0. The van der Waals surface area contributed by atoms with Gasteiger partial charge in [0.05, 0.1) is 6.10 Å². The van der Waals surface area contributed by atoms with Crippen molar-refractivity contribution in [3.05, 3.63) is 35.9 Å². The summed E-state index contributed by atoms with van der Waals surface area (Å²) in [7, 11) is 0. The van der Waals surface area contributed by atoms with Crippen molar-refractivity contribution in [1.29, 1.82) is 0 Å². The van der Waals surface area contributed by atoms with Crippen LogP contribution in [0.2, 0.25) is 0 Å². The van der Waals surface area contributed by atoms with Crippen LogP contribution in [0.1, 0.15) is 51.0 Å². The summed E-state index contributed by atoms with van der Waals surface area (Å²) in [5, 5.41) is 10.3. The number of benzene rings is 1. The van der Waals surface area contributed by atoms with Crippen molar-refractivity contribution in [3.63, 3.8) is 0 Å². The van der Waals surface area contributed by atoms with Crippen LogP contribution in [-0.4, -0.2) is 35.2 Å². The number of hydrogen-bond acceptors (Lipinski definition) is 2. The van der Waals surface area contributed by atoms with Gasteiger partial charge in [-0.2, -0.15) is 0 Å². The summed E-state index contributed by atoms with van der Waals surface area (Å²) in [6.45, 7) is 6.56. The van der Waals surface area contributed by atoms with Crippen LogP contribution in [0.4, 0.5) is 0 Å². The van der Waals surface area contributed by atoms with E-state index in [4.69, 9.17) is 0 Å². The normalized spacial score (nSPS) is 23.4. The van der Waals surface area contributed by atoms with E-state index in [1.54, 1.807) is 0 Å². The Balaban J connectivity index is 1.97. The van der Waals surface area contributed by atoms with E-state index in [9.17, 15) is 5.11 Å². The summed E-state index contributed by atoms with van der Waals surface area (Å²) < 4.78 is 0. The van der Waals surface area contributed by atoms with E-state index in [-0.39, 0.29) is 6.10 Å². The van der Waals surface area contributed by atoms with Crippen molar-refractivity contribution in [3.8, 4) is 0 Å². The summed E-state index contributed by atoms with van der Waals surface area (Å²) in [4.78, 5) is 2.50. The van der Waals surface area contributed by atoms with Gasteiger partial charge in [0.15, 0.2) is 0 Å². The lowest BCUT2D eigenvalue weighted by atomic mass is 9.98. The van der Waals surface area contributed by atoms with Crippen LogP contribution in [0.3, 0.4) is 0 Å². The highest BCUT2D eigenvalue weighted by Gasteiger charge is 2.31. The van der Waals surface area contributed by atoms with Gasteiger partial charge in [0, 0.05) is 12.6 Å². The number of hydrogen-bond donors (Lipinski definition) is 1. The number of rotatable bonds is 6. The van der Waals surface area contributed by atoms with E-state index in [0.717, 1.165) is 32.4 Å². The van der Waals surface area contributed by atoms with Gasteiger partial charge >= 0.3 is 0 Å². The third kappa shape index (κ3) is 3.58. The molecule has 1 saturated heterocycles. The number of likely N-dealkylation sites (tertiary alicyclic amines) is 1. The second kappa shape index (κ2) is 7.06. The summed E-state index contributed by atoms with van der Waals surface area (Å²) in [5.74, 6) is 0.643. The van der Waals surface area contributed by atoms with Crippen LogP contribution < -0.4 is 0 Å². The lowest BCUT2D eigenvalue weighted by Crippen LogP contribution is -2.41. The van der Waals surface area contributed by atoms with E-state index in [2.05, 4.69) is 49.1 Å². The van der Waals surface area contributed by atoms with Crippen LogP contribution in [0, 0.1) is 0 Å². The SMILES string of the molecule is CCCC(O)C(CC)N1CCC(c2ccccc2)C1. The molecule has 3 unspecified atom stereocenters. The first-order valence-electron chi connectivity index (χ1n) is 7.73. The fourth-order valence-electron chi connectivity index (χ4n) is 3.35. The van der Waals surface area contributed by atoms with Crippen molar-refractivity contribution >= 4 is 0 Å². The van der Waals surface area contributed by atoms with Crippen LogP contribution in [0.5, 0.6) is 0 Å². The molecule has 1 N–H and O–H groups in total. The van der Waals surface area contributed by atoms with Crippen molar-refractivity contribution in [2.24, 2.45) is 0 Å². The third-order valence-corrected chi connectivity index (χ3v) is 4.41. The minimum atomic E-state index is -0.162. The fraction of sp³-hybridized carbons (Fsp3) is 0.647. The standard InChI is InChI=1S/C17H27NO/c1-3-8-17(19)16(4-2)18-12-11-15(13-18)14-9-6-5-7-10-14/h5-7,9-10,15-17,19H,3-4,8,11-13H2,1-2H3. The third-order valence-electron chi connectivity index (χ3n) is 4.41. The first-order valence-corrected chi connectivity index (χ1v) is 7.73. The van der Waals surface area contributed by atoms with Crippen molar-refractivity contribution in [1.82, 2.24) is 4.90 Å². The van der Waals surface area contributed by atoms with Gasteiger partial charge in [0.2, 0.25) is 0 Å². The van der Waals surface area contributed by atoms with Crippen LogP contribution in [0.25, 0.3) is 0 Å². The maximum absolute atomic E-state index is 10.3. The van der Waals surface area contributed by atoms with Gasteiger partial charge in [-0.3, -0.25) is 4.90 Å². The van der Waals surface area contributed by atoms with Gasteiger partial charge in [-0.25, -0.2) is 0 Å². The predicted octanol–water partition coefficient (Wildman–Crippen LogP) is 3.42. The van der Waals surface area contributed by atoms with Gasteiger partial charge in [-0.05, 0) is 37.3 Å². The van der Waals surface area contributed by atoms with E-state index < -0.39 is 0 Å². The second-order valence-corrected chi connectivity index (χ2v) is 5.72. The zero-order chi connectivity index (χ0) is 13.7. The van der Waals surface area contributed by atoms with E-state index >= 15 is 0 Å². The van der Waals surface area contributed by atoms with Gasteiger partial charge in [0.25, 0.3) is 0 Å². The van der Waals surface area contributed by atoms with Crippen molar-refractivity contribution in [2.75, 3.05) is 13.1 Å². The molecule has 19 heavy (non-hydrogen) atoms. The Morgan fingerprint density at radius 3 is 2.63 bits per heavy atom. The molecule has 1 heterocycles. The lowest BCUT2D eigenvalue weighted by molar-refractivity contribution is 0.0524. The zero-order valence-corrected chi connectivity index (χ0v) is 12.3. The maximum Gasteiger partial charge on any atom is 0.0695 e. The zero-order valence-electron chi connectivity index (χ0n) is 12.3. The summed E-state index contributed by atoms with van der Waals surface area (Å²) in [6, 6.07) is 11.1. The van der Waals surface area contributed by atoms with Crippen molar-refractivity contribution in [2.45, 2.75) is 57.6 Å². The molecule has 1 aromatic rings. The summed E-state index contributed by atoms with van der Waals surface area (Å²) in [5.41, 5.74) is 1.45. The van der Waals surface area contributed by atoms with E-state index in [0.29, 0.717) is 12.0 Å². The molecule has 0 amide bonds. The highest BCUT2D eigenvalue weighted by Crippen LogP contribution is 2.30. The van der Waals surface area contributed by atoms with E-state index in [1.165, 1.54) is 12.0 Å². The molecule has 2 nitrogen and oxygen atoms in total. The Kier molecular flexibility index (Phi) is 5.41. The topological polar surface area (TPSA) is 23.5 Å². The monoisotopic (exact) mass is 261 g/mol. The fourth-order valence-corrected chi connectivity index (χ4v) is 3.35.